The van der Waals surface area contributed by atoms with Gasteiger partial charge in [0.2, 0.25) is 5.78 Å². The van der Waals surface area contributed by atoms with Gasteiger partial charge in [-0.3, -0.25) is 9.59 Å². The fourth-order valence-electron chi connectivity index (χ4n) is 1.96. The van der Waals surface area contributed by atoms with Crippen LogP contribution in [0.25, 0.3) is 0 Å². The molecule has 0 bridgehead atoms. The van der Waals surface area contributed by atoms with E-state index in [1.165, 1.54) is 6.92 Å². The summed E-state index contributed by atoms with van der Waals surface area (Å²) >= 11 is 0. The normalized spacial score (nSPS) is 19.9. The summed E-state index contributed by atoms with van der Waals surface area (Å²) in [5.74, 6) is 0.642. The number of fused-ring (bicyclic) bond motifs is 1. The zero-order valence-electron chi connectivity index (χ0n) is 8.37. The highest BCUT2D eigenvalue weighted by Crippen LogP contribution is 2.49. The van der Waals surface area contributed by atoms with E-state index in [1.54, 1.807) is 18.2 Å². The molecule has 1 aliphatic carbocycles. The van der Waals surface area contributed by atoms with Crippen molar-refractivity contribution in [2.24, 2.45) is 0 Å². The molecule has 3 heteroatoms. The summed E-state index contributed by atoms with van der Waals surface area (Å²) in [7, 11) is 0. The smallest absolute Gasteiger partial charge is 0.210 e. The molecule has 1 aromatic carbocycles. The molecule has 1 heterocycles. The Hall–Kier alpha value is -1.64. The number of ketones is 2. The van der Waals surface area contributed by atoms with E-state index in [9.17, 15) is 9.59 Å². The lowest BCUT2D eigenvalue weighted by Crippen LogP contribution is -2.21. The fraction of sp³-hybridized carbons (Fsp3) is 0.333. The lowest BCUT2D eigenvalue weighted by Gasteiger charge is -2.04. The lowest BCUT2D eigenvalue weighted by atomic mass is 10.0. The Morgan fingerprint density at radius 3 is 2.73 bits per heavy atom. The highest BCUT2D eigenvalue weighted by Gasteiger charge is 2.57. The average Bonchev–Trinajstić information content (AvgIpc) is 2.91. The summed E-state index contributed by atoms with van der Waals surface area (Å²) < 4.78 is 5.61. The topological polar surface area (TPSA) is 43.4 Å². The number of Topliss-reactive ketones (excluding diaryl/α,β-unsaturated/α-hetero) is 2. The molecule has 0 atom stereocenters. The number of benzene rings is 1. The van der Waals surface area contributed by atoms with Gasteiger partial charge in [0.05, 0.1) is 5.56 Å². The van der Waals surface area contributed by atoms with Gasteiger partial charge in [-0.2, -0.15) is 0 Å². The molecule has 15 heavy (non-hydrogen) atoms. The Labute approximate surface area is 87.0 Å². The number of carbonyl (C=O) groups is 2. The molecule has 76 valence electrons. The van der Waals surface area contributed by atoms with Gasteiger partial charge in [0.25, 0.3) is 0 Å². The van der Waals surface area contributed by atoms with Gasteiger partial charge in [0, 0.05) is 5.56 Å². The summed E-state index contributed by atoms with van der Waals surface area (Å²) in [6.45, 7) is 1.51. The van der Waals surface area contributed by atoms with Crippen LogP contribution in [0.1, 0.15) is 40.5 Å². The molecule has 1 spiro atoms. The Balaban J connectivity index is 2.10. The number of rotatable bonds is 1. The van der Waals surface area contributed by atoms with Crippen molar-refractivity contribution in [3.05, 3.63) is 29.3 Å². The molecule has 0 N–H and O–H groups in total. The van der Waals surface area contributed by atoms with Crippen LogP contribution in [0.4, 0.5) is 0 Å². The maximum absolute atomic E-state index is 11.9. The first-order valence-electron chi connectivity index (χ1n) is 5.01. The SMILES string of the molecule is CC(=O)c1ccc2c(c1)OC1(CC1)C2=O. The van der Waals surface area contributed by atoms with Gasteiger partial charge >= 0.3 is 0 Å². The van der Waals surface area contributed by atoms with E-state index in [1.807, 2.05) is 0 Å². The van der Waals surface area contributed by atoms with E-state index >= 15 is 0 Å². The Morgan fingerprint density at radius 1 is 1.40 bits per heavy atom. The van der Waals surface area contributed by atoms with Gasteiger partial charge in [-0.05, 0) is 31.9 Å². The minimum absolute atomic E-state index is 0.00871. The third-order valence-electron chi connectivity index (χ3n) is 3.06. The van der Waals surface area contributed by atoms with Crippen LogP contribution in [-0.4, -0.2) is 17.2 Å². The molecule has 0 unspecified atom stereocenters. The summed E-state index contributed by atoms with van der Waals surface area (Å²) in [4.78, 5) is 23.0. The molecule has 1 saturated carbocycles. The predicted molar refractivity (Wildman–Crippen MR) is 53.4 cm³/mol. The molecule has 0 saturated heterocycles. The van der Waals surface area contributed by atoms with Gasteiger partial charge < -0.3 is 4.74 Å². The first-order chi connectivity index (χ1) is 7.12. The second-order valence-corrected chi connectivity index (χ2v) is 4.19. The Morgan fingerprint density at radius 2 is 2.13 bits per heavy atom. The van der Waals surface area contributed by atoms with Crippen molar-refractivity contribution in [2.45, 2.75) is 25.4 Å². The first kappa shape index (κ1) is 8.65. The van der Waals surface area contributed by atoms with Crippen molar-refractivity contribution in [3.63, 3.8) is 0 Å². The van der Waals surface area contributed by atoms with E-state index < -0.39 is 5.60 Å². The maximum atomic E-state index is 11.9. The number of hydrogen-bond donors (Lipinski definition) is 0. The van der Waals surface area contributed by atoms with Gasteiger partial charge in [-0.15, -0.1) is 0 Å². The van der Waals surface area contributed by atoms with Crippen molar-refractivity contribution >= 4 is 11.6 Å². The van der Waals surface area contributed by atoms with Crippen LogP contribution >= 0.6 is 0 Å². The maximum Gasteiger partial charge on any atom is 0.210 e. The molecule has 1 fully saturated rings. The molecule has 3 nitrogen and oxygen atoms in total. The molecule has 0 radical (unpaired) electrons. The van der Waals surface area contributed by atoms with Gasteiger partial charge in [0.15, 0.2) is 11.4 Å². The van der Waals surface area contributed by atoms with Crippen LogP contribution in [0.3, 0.4) is 0 Å². The fourth-order valence-corrected chi connectivity index (χ4v) is 1.96. The molecule has 3 rings (SSSR count). The quantitative estimate of drug-likeness (QED) is 0.654. The number of ether oxygens (including phenoxy) is 1. The third kappa shape index (κ3) is 1.06. The minimum atomic E-state index is -0.558. The molecular formula is C12H10O3. The molecule has 1 aromatic rings. The first-order valence-corrected chi connectivity index (χ1v) is 5.01. The number of carbonyl (C=O) groups excluding carboxylic acids is 2. The van der Waals surface area contributed by atoms with Crippen LogP contribution in [0.2, 0.25) is 0 Å². The molecule has 2 aliphatic rings. The van der Waals surface area contributed by atoms with Crippen molar-refractivity contribution in [2.75, 3.05) is 0 Å². The van der Waals surface area contributed by atoms with Crippen LogP contribution in [-0.2, 0) is 0 Å². The standard InChI is InChI=1S/C12H10O3/c1-7(13)8-2-3-9-10(6-8)15-12(4-5-12)11(9)14/h2-3,6H,4-5H2,1H3. The second-order valence-electron chi connectivity index (χ2n) is 4.19. The summed E-state index contributed by atoms with van der Waals surface area (Å²) in [6, 6.07) is 5.05. The van der Waals surface area contributed by atoms with E-state index in [4.69, 9.17) is 4.74 Å². The van der Waals surface area contributed by atoms with E-state index in [0.29, 0.717) is 16.9 Å². The van der Waals surface area contributed by atoms with Crippen molar-refractivity contribution < 1.29 is 14.3 Å². The molecule has 0 amide bonds. The van der Waals surface area contributed by atoms with Crippen LogP contribution in [0, 0.1) is 0 Å². The summed E-state index contributed by atoms with van der Waals surface area (Å²) in [6.07, 6.45) is 1.60. The van der Waals surface area contributed by atoms with Gasteiger partial charge in [0.1, 0.15) is 5.75 Å². The highest BCUT2D eigenvalue weighted by atomic mass is 16.5. The van der Waals surface area contributed by atoms with Crippen molar-refractivity contribution in [1.29, 1.82) is 0 Å². The van der Waals surface area contributed by atoms with E-state index in [-0.39, 0.29) is 11.6 Å². The monoisotopic (exact) mass is 202 g/mol. The van der Waals surface area contributed by atoms with Crippen molar-refractivity contribution in [3.8, 4) is 5.75 Å². The highest BCUT2D eigenvalue weighted by molar-refractivity contribution is 6.10. The zero-order valence-corrected chi connectivity index (χ0v) is 8.37. The second kappa shape index (κ2) is 2.48. The van der Waals surface area contributed by atoms with Crippen molar-refractivity contribution in [1.82, 2.24) is 0 Å². The van der Waals surface area contributed by atoms with Gasteiger partial charge in [-0.1, -0.05) is 6.07 Å². The largest absolute Gasteiger partial charge is 0.478 e. The zero-order chi connectivity index (χ0) is 10.6. The van der Waals surface area contributed by atoms with E-state index in [0.717, 1.165) is 12.8 Å². The predicted octanol–water partition coefficient (Wildman–Crippen LogP) is 2.00. The van der Waals surface area contributed by atoms with E-state index in [2.05, 4.69) is 0 Å². The Kier molecular flexibility index (Phi) is 1.43. The molecular weight excluding hydrogens is 192 g/mol. The number of hydrogen-bond acceptors (Lipinski definition) is 3. The Bertz CT molecular complexity index is 484. The average molecular weight is 202 g/mol. The minimum Gasteiger partial charge on any atom is -0.478 e. The molecule has 1 aliphatic heterocycles. The van der Waals surface area contributed by atoms with Gasteiger partial charge in [-0.25, -0.2) is 0 Å². The van der Waals surface area contributed by atoms with Crippen LogP contribution in [0.5, 0.6) is 5.75 Å². The summed E-state index contributed by atoms with van der Waals surface area (Å²) in [5, 5.41) is 0. The lowest BCUT2D eigenvalue weighted by molar-refractivity contribution is 0.0820. The summed E-state index contributed by atoms with van der Waals surface area (Å²) in [5.41, 5.74) is 0.661. The third-order valence-corrected chi connectivity index (χ3v) is 3.06. The van der Waals surface area contributed by atoms with Crippen LogP contribution in [0.15, 0.2) is 18.2 Å². The van der Waals surface area contributed by atoms with Crippen LogP contribution < -0.4 is 4.74 Å². The molecule has 0 aromatic heterocycles.